The molecule has 0 saturated carbocycles. The van der Waals surface area contributed by atoms with E-state index in [2.05, 4.69) is 0 Å². The van der Waals surface area contributed by atoms with Crippen molar-refractivity contribution in [2.75, 3.05) is 20.6 Å². The van der Waals surface area contributed by atoms with Crippen molar-refractivity contribution in [2.24, 2.45) is 0 Å². The second-order valence-corrected chi connectivity index (χ2v) is 4.09. The van der Waals surface area contributed by atoms with Gasteiger partial charge >= 0.3 is 12.2 Å². The summed E-state index contributed by atoms with van der Waals surface area (Å²) in [7, 11) is 3.31. The largest absolute Gasteiger partial charge is 0.510 e. The zero-order chi connectivity index (χ0) is 12.3. The van der Waals surface area contributed by atoms with Gasteiger partial charge in [0, 0.05) is 27.1 Å². The minimum Gasteiger partial charge on any atom is -0.432 e. The molecule has 6 heteroatoms. The average Bonchev–Trinajstić information content (AvgIpc) is 2.18. The molecule has 0 aromatic heterocycles. The average molecular weight is 230 g/mol. The quantitative estimate of drug-likeness (QED) is 0.670. The lowest BCUT2D eigenvalue weighted by atomic mass is 10.3. The molecule has 2 amide bonds. The molecule has 0 N–H and O–H groups in total. The molecule has 1 unspecified atom stereocenters. The molecule has 0 bridgehead atoms. The van der Waals surface area contributed by atoms with Crippen LogP contribution in [-0.2, 0) is 9.47 Å². The Morgan fingerprint density at radius 2 is 2.06 bits per heavy atom. The van der Waals surface area contributed by atoms with Gasteiger partial charge in [-0.25, -0.2) is 9.59 Å². The van der Waals surface area contributed by atoms with Crippen LogP contribution in [0.4, 0.5) is 9.59 Å². The van der Waals surface area contributed by atoms with Gasteiger partial charge in [-0.1, -0.05) is 0 Å². The lowest BCUT2D eigenvalue weighted by Crippen LogP contribution is -2.52. The highest BCUT2D eigenvalue weighted by molar-refractivity contribution is 5.75. The number of carbonyl (C=O) groups excluding carboxylic acids is 2. The Kier molecular flexibility index (Phi) is 3.98. The van der Waals surface area contributed by atoms with Crippen LogP contribution in [0.25, 0.3) is 0 Å². The molecule has 0 aromatic rings. The van der Waals surface area contributed by atoms with E-state index in [4.69, 9.17) is 9.47 Å². The summed E-state index contributed by atoms with van der Waals surface area (Å²) in [4.78, 5) is 25.8. The summed E-state index contributed by atoms with van der Waals surface area (Å²) in [6, 6.07) is -0.159. The van der Waals surface area contributed by atoms with Crippen LogP contribution in [0, 0.1) is 0 Å². The molecule has 6 nitrogen and oxygen atoms in total. The molecular formula is C10H18N2O4. The first-order chi connectivity index (χ1) is 7.41. The van der Waals surface area contributed by atoms with Gasteiger partial charge < -0.3 is 14.4 Å². The lowest BCUT2D eigenvalue weighted by Gasteiger charge is -2.36. The fourth-order valence-corrected chi connectivity index (χ4v) is 1.46. The van der Waals surface area contributed by atoms with Crippen LogP contribution in [0.2, 0.25) is 0 Å². The highest BCUT2D eigenvalue weighted by atomic mass is 16.7. The Hall–Kier alpha value is -1.46. The first kappa shape index (κ1) is 12.6. The van der Waals surface area contributed by atoms with E-state index in [9.17, 15) is 9.59 Å². The summed E-state index contributed by atoms with van der Waals surface area (Å²) >= 11 is 0. The van der Waals surface area contributed by atoms with Gasteiger partial charge in [-0.3, -0.25) is 4.90 Å². The van der Waals surface area contributed by atoms with E-state index in [0.717, 1.165) is 0 Å². The third-order valence-electron chi connectivity index (χ3n) is 2.34. The van der Waals surface area contributed by atoms with Crippen molar-refractivity contribution < 1.29 is 19.1 Å². The van der Waals surface area contributed by atoms with Gasteiger partial charge in [-0.2, -0.15) is 0 Å². The maximum atomic E-state index is 11.6. The molecule has 1 fully saturated rings. The third-order valence-corrected chi connectivity index (χ3v) is 2.34. The van der Waals surface area contributed by atoms with Gasteiger partial charge in [-0.05, 0) is 13.8 Å². The van der Waals surface area contributed by atoms with Crippen molar-refractivity contribution in [1.29, 1.82) is 0 Å². The van der Waals surface area contributed by atoms with Crippen LogP contribution in [0.3, 0.4) is 0 Å². The van der Waals surface area contributed by atoms with Crippen LogP contribution in [0.1, 0.15) is 20.3 Å². The molecule has 0 aromatic carbocycles. The van der Waals surface area contributed by atoms with E-state index in [-0.39, 0.29) is 12.1 Å². The van der Waals surface area contributed by atoms with Crippen LogP contribution < -0.4 is 0 Å². The minimum atomic E-state index is -0.732. The SMILES string of the molecule is CC(C)OC(=O)OC1CCN(C)C(=O)N1C. The molecule has 1 rings (SSSR count). The molecule has 0 aliphatic carbocycles. The van der Waals surface area contributed by atoms with Gasteiger partial charge in [0.2, 0.25) is 0 Å². The van der Waals surface area contributed by atoms with E-state index in [1.165, 1.54) is 4.90 Å². The summed E-state index contributed by atoms with van der Waals surface area (Å²) in [6.45, 7) is 4.05. The number of nitrogens with zero attached hydrogens (tertiary/aromatic N) is 2. The molecule has 92 valence electrons. The fourth-order valence-electron chi connectivity index (χ4n) is 1.46. The number of hydrogen-bond donors (Lipinski definition) is 0. The van der Waals surface area contributed by atoms with E-state index < -0.39 is 12.4 Å². The first-order valence-electron chi connectivity index (χ1n) is 5.27. The van der Waals surface area contributed by atoms with Gasteiger partial charge in [0.15, 0.2) is 6.23 Å². The van der Waals surface area contributed by atoms with E-state index in [1.807, 2.05) is 0 Å². The topological polar surface area (TPSA) is 59.1 Å². The Morgan fingerprint density at radius 3 is 2.62 bits per heavy atom. The molecule has 0 spiro atoms. The van der Waals surface area contributed by atoms with Crippen LogP contribution >= 0.6 is 0 Å². The third kappa shape index (κ3) is 3.01. The molecule has 1 aliphatic heterocycles. The summed E-state index contributed by atoms with van der Waals surface area (Å²) in [5, 5.41) is 0. The Bertz CT molecular complexity index is 280. The highest BCUT2D eigenvalue weighted by Gasteiger charge is 2.31. The van der Waals surface area contributed by atoms with Crippen molar-refractivity contribution in [3.8, 4) is 0 Å². The molecule has 1 saturated heterocycles. The van der Waals surface area contributed by atoms with E-state index in [1.54, 1.807) is 32.8 Å². The fraction of sp³-hybridized carbons (Fsp3) is 0.800. The van der Waals surface area contributed by atoms with Crippen LogP contribution in [0.5, 0.6) is 0 Å². The normalized spacial score (nSPS) is 21.3. The van der Waals surface area contributed by atoms with Crippen molar-refractivity contribution >= 4 is 12.2 Å². The van der Waals surface area contributed by atoms with Crippen molar-refractivity contribution in [2.45, 2.75) is 32.6 Å². The maximum absolute atomic E-state index is 11.6. The molecule has 0 radical (unpaired) electrons. The highest BCUT2D eigenvalue weighted by Crippen LogP contribution is 2.14. The number of ether oxygens (including phenoxy) is 2. The predicted molar refractivity (Wildman–Crippen MR) is 56.9 cm³/mol. The number of amides is 2. The number of rotatable bonds is 2. The summed E-state index contributed by atoms with van der Waals surface area (Å²) in [5.74, 6) is 0. The van der Waals surface area contributed by atoms with E-state index >= 15 is 0 Å². The first-order valence-corrected chi connectivity index (χ1v) is 5.27. The van der Waals surface area contributed by atoms with Gasteiger partial charge in [0.1, 0.15) is 0 Å². The monoisotopic (exact) mass is 230 g/mol. The molecule has 1 heterocycles. The van der Waals surface area contributed by atoms with Crippen LogP contribution in [-0.4, -0.2) is 55.0 Å². The molecule has 1 aliphatic rings. The van der Waals surface area contributed by atoms with Crippen molar-refractivity contribution in [3.05, 3.63) is 0 Å². The standard InChI is InChI=1S/C10H18N2O4/c1-7(2)15-10(14)16-8-5-6-11(3)9(13)12(8)4/h7-8H,5-6H2,1-4H3. The molecular weight excluding hydrogens is 212 g/mol. The molecule has 16 heavy (non-hydrogen) atoms. The summed E-state index contributed by atoms with van der Waals surface area (Å²) < 4.78 is 9.90. The van der Waals surface area contributed by atoms with Crippen molar-refractivity contribution in [1.82, 2.24) is 9.80 Å². The predicted octanol–water partition coefficient (Wildman–Crippen LogP) is 1.26. The summed E-state index contributed by atoms with van der Waals surface area (Å²) in [6.07, 6.45) is -0.898. The summed E-state index contributed by atoms with van der Waals surface area (Å²) in [5.41, 5.74) is 0. The van der Waals surface area contributed by atoms with Crippen LogP contribution in [0.15, 0.2) is 0 Å². The van der Waals surface area contributed by atoms with Gasteiger partial charge in [0.25, 0.3) is 0 Å². The smallest absolute Gasteiger partial charge is 0.432 e. The second-order valence-electron chi connectivity index (χ2n) is 4.09. The zero-order valence-corrected chi connectivity index (χ0v) is 10.1. The van der Waals surface area contributed by atoms with Gasteiger partial charge in [0.05, 0.1) is 6.10 Å². The second kappa shape index (κ2) is 5.05. The zero-order valence-electron chi connectivity index (χ0n) is 10.1. The lowest BCUT2D eigenvalue weighted by molar-refractivity contribution is -0.0524. The van der Waals surface area contributed by atoms with E-state index in [0.29, 0.717) is 13.0 Å². The van der Waals surface area contributed by atoms with Crippen molar-refractivity contribution in [3.63, 3.8) is 0 Å². The Morgan fingerprint density at radius 1 is 1.44 bits per heavy atom. The number of hydrogen-bond acceptors (Lipinski definition) is 4. The minimum absolute atomic E-state index is 0.159. The molecule has 1 atom stereocenters. The Balaban J connectivity index is 2.49. The Labute approximate surface area is 95.1 Å². The number of carbonyl (C=O) groups is 2. The maximum Gasteiger partial charge on any atom is 0.510 e. The van der Waals surface area contributed by atoms with Gasteiger partial charge in [-0.15, -0.1) is 0 Å². The number of urea groups is 1.